The molecule has 0 aromatic carbocycles. The quantitative estimate of drug-likeness (QED) is 0.132. The van der Waals surface area contributed by atoms with E-state index in [-0.39, 0.29) is 15.1 Å². The summed E-state index contributed by atoms with van der Waals surface area (Å²) in [6.45, 7) is 12.1. The minimum Gasteiger partial charge on any atom is -0.359 e. The maximum Gasteiger partial charge on any atom is 0.222 e. The molecule has 0 aliphatic heterocycles. The molecule has 0 amide bonds. The van der Waals surface area contributed by atoms with Crippen LogP contribution in [0, 0.1) is 11.8 Å². The minimum atomic E-state index is -0.414. The summed E-state index contributed by atoms with van der Waals surface area (Å²) in [6.07, 6.45) is 4.74. The number of hydrogen-bond acceptors (Lipinski definition) is 8. The fourth-order valence-corrected chi connectivity index (χ4v) is 1.84. The molecule has 0 rings (SSSR count). The van der Waals surface area contributed by atoms with Crippen molar-refractivity contribution >= 4 is 0 Å². The number of methoxy groups -OCH3 is 2. The Labute approximate surface area is 191 Å². The molecule has 0 saturated carbocycles. The van der Waals surface area contributed by atoms with Crippen LogP contribution in [0.15, 0.2) is 12.2 Å². The molecule has 8 nitrogen and oxygen atoms in total. The first-order valence-corrected chi connectivity index (χ1v) is 10.4. The highest BCUT2D eigenvalue weighted by molar-refractivity contribution is 5.02. The molecule has 0 saturated heterocycles. The van der Waals surface area contributed by atoms with Crippen molar-refractivity contribution < 1.29 is 39.3 Å². The largest absolute Gasteiger partial charge is 0.359 e. The molecule has 0 bridgehead atoms. The van der Waals surface area contributed by atoms with Gasteiger partial charge in [-0.25, -0.2) is 0 Å². The number of hydrogen-bond donors (Lipinski definition) is 0. The lowest BCUT2D eigenvalue weighted by Crippen LogP contribution is -2.14. The summed E-state index contributed by atoms with van der Waals surface area (Å²) >= 11 is 0. The van der Waals surface area contributed by atoms with Gasteiger partial charge in [-0.15, -0.1) is 0 Å². The van der Waals surface area contributed by atoms with Gasteiger partial charge in [0.25, 0.3) is 0 Å². The second-order valence-electron chi connectivity index (χ2n) is 5.44. The highest BCUT2D eigenvalue weighted by atomic mass is 16.7. The van der Waals surface area contributed by atoms with Crippen LogP contribution >= 0.6 is 0 Å². The third-order valence-electron chi connectivity index (χ3n) is 3.01. The number of rotatable bonds is 18. The Morgan fingerprint density at radius 3 is 1.77 bits per heavy atom. The van der Waals surface area contributed by atoms with E-state index in [1.807, 2.05) is 39.8 Å². The standard InChI is InChI=1S/C11H22O4.C11H20O4.CH4.H2/c2*1-4-14-11(15-5-2)8-6-7-9-13-10-12-3;;/h6,8,11H,4-5,7,9-10H2,1-3H3;11H,4-5,7,9-10H2,1-3H3;1H4;1H/b8-6-;;;. The van der Waals surface area contributed by atoms with Crippen LogP contribution in [0.1, 0.15) is 49.4 Å². The van der Waals surface area contributed by atoms with E-state index >= 15 is 0 Å². The van der Waals surface area contributed by atoms with Gasteiger partial charge in [0, 0.05) is 48.5 Å². The van der Waals surface area contributed by atoms with Crippen molar-refractivity contribution in [3.05, 3.63) is 12.2 Å². The van der Waals surface area contributed by atoms with Crippen molar-refractivity contribution in [1.29, 1.82) is 0 Å². The normalized spacial score (nSPS) is 10.6. The van der Waals surface area contributed by atoms with Crippen molar-refractivity contribution in [2.75, 3.05) is 67.4 Å². The predicted molar refractivity (Wildman–Crippen MR) is 125 cm³/mol. The summed E-state index contributed by atoms with van der Waals surface area (Å²) in [4.78, 5) is 0. The van der Waals surface area contributed by atoms with Crippen molar-refractivity contribution in [2.45, 2.75) is 60.5 Å². The van der Waals surface area contributed by atoms with Gasteiger partial charge >= 0.3 is 0 Å². The first-order chi connectivity index (χ1) is 14.7. The zero-order chi connectivity index (χ0) is 22.7. The fourth-order valence-electron chi connectivity index (χ4n) is 1.84. The summed E-state index contributed by atoms with van der Waals surface area (Å²) in [5.41, 5.74) is 0. The van der Waals surface area contributed by atoms with Gasteiger partial charge in [0.1, 0.15) is 13.6 Å². The van der Waals surface area contributed by atoms with Crippen molar-refractivity contribution in [1.82, 2.24) is 0 Å². The second-order valence-corrected chi connectivity index (χ2v) is 5.44. The van der Waals surface area contributed by atoms with E-state index in [1.165, 1.54) is 0 Å². The van der Waals surface area contributed by atoms with Gasteiger partial charge in [0.2, 0.25) is 6.29 Å². The average molecular weight is 453 g/mol. The van der Waals surface area contributed by atoms with Crippen molar-refractivity contribution in [3.63, 3.8) is 0 Å². The summed E-state index contributed by atoms with van der Waals surface area (Å²) < 4.78 is 40.9. The molecule has 0 atom stereocenters. The molecule has 31 heavy (non-hydrogen) atoms. The van der Waals surface area contributed by atoms with Crippen LogP contribution in [0.25, 0.3) is 0 Å². The van der Waals surface area contributed by atoms with Crippen LogP contribution in [0.4, 0.5) is 0 Å². The summed E-state index contributed by atoms with van der Waals surface area (Å²) in [6, 6.07) is 0. The molecule has 0 spiro atoms. The third kappa shape index (κ3) is 29.0. The van der Waals surface area contributed by atoms with Gasteiger partial charge in [0.05, 0.1) is 13.2 Å². The van der Waals surface area contributed by atoms with E-state index in [9.17, 15) is 0 Å². The molecule has 0 aliphatic carbocycles. The molecular weight excluding hydrogens is 404 g/mol. The monoisotopic (exact) mass is 452 g/mol. The fraction of sp³-hybridized carbons (Fsp3) is 0.826. The molecule has 188 valence electrons. The van der Waals surface area contributed by atoms with Gasteiger partial charge in [-0.3, -0.25) is 0 Å². The lowest BCUT2D eigenvalue weighted by atomic mass is 10.4. The highest BCUT2D eigenvalue weighted by Crippen LogP contribution is 1.98. The lowest BCUT2D eigenvalue weighted by molar-refractivity contribution is -0.104. The Kier molecular flexibility index (Phi) is 34.8. The maximum atomic E-state index is 5.34. The van der Waals surface area contributed by atoms with E-state index in [4.69, 9.17) is 37.9 Å². The van der Waals surface area contributed by atoms with Gasteiger partial charge < -0.3 is 37.9 Å². The van der Waals surface area contributed by atoms with Gasteiger partial charge in [0.15, 0.2) is 6.29 Å². The molecule has 0 aromatic rings. The summed E-state index contributed by atoms with van der Waals surface area (Å²) in [5.74, 6) is 5.82. The van der Waals surface area contributed by atoms with Crippen molar-refractivity contribution in [2.24, 2.45) is 0 Å². The topological polar surface area (TPSA) is 73.8 Å². The second kappa shape index (κ2) is 31.2. The van der Waals surface area contributed by atoms with Crippen LogP contribution < -0.4 is 0 Å². The van der Waals surface area contributed by atoms with E-state index in [0.29, 0.717) is 59.6 Å². The van der Waals surface area contributed by atoms with E-state index in [2.05, 4.69) is 11.8 Å². The summed E-state index contributed by atoms with van der Waals surface area (Å²) in [7, 11) is 3.20. The van der Waals surface area contributed by atoms with Gasteiger partial charge in [-0.1, -0.05) is 19.4 Å². The zero-order valence-corrected chi connectivity index (χ0v) is 19.6. The van der Waals surface area contributed by atoms with Crippen LogP contribution in [0.5, 0.6) is 0 Å². The van der Waals surface area contributed by atoms with Crippen molar-refractivity contribution in [3.8, 4) is 11.8 Å². The molecule has 8 heteroatoms. The Morgan fingerprint density at radius 1 is 0.774 bits per heavy atom. The molecule has 0 fully saturated rings. The van der Waals surface area contributed by atoms with E-state index in [0.717, 1.165) is 6.42 Å². The Hall–Kier alpha value is -1.02. The van der Waals surface area contributed by atoms with Crippen LogP contribution in [-0.4, -0.2) is 80.0 Å². The first kappa shape index (κ1) is 34.6. The Bertz CT molecular complexity index is 401. The summed E-state index contributed by atoms with van der Waals surface area (Å²) in [5, 5.41) is 0. The molecule has 0 unspecified atom stereocenters. The SMILES string of the molecule is C.CCOC(/C=C\CCOCOC)OCC.CCOC(C#CCCOCOC)OCC.[HH]. The molecule has 0 aliphatic rings. The van der Waals surface area contributed by atoms with E-state index < -0.39 is 6.29 Å². The number of ether oxygens (including phenoxy) is 8. The zero-order valence-electron chi connectivity index (χ0n) is 19.6. The van der Waals surface area contributed by atoms with Crippen LogP contribution in [0.3, 0.4) is 0 Å². The maximum absolute atomic E-state index is 5.34. The smallest absolute Gasteiger partial charge is 0.222 e. The van der Waals surface area contributed by atoms with Crippen LogP contribution in [-0.2, 0) is 37.9 Å². The predicted octanol–water partition coefficient (Wildman–Crippen LogP) is 4.23. The lowest BCUT2D eigenvalue weighted by Gasteiger charge is -2.12. The molecular formula is C23H48O8. The molecule has 0 aromatic heterocycles. The van der Waals surface area contributed by atoms with Gasteiger partial charge in [-0.05, 0) is 46.1 Å². The highest BCUT2D eigenvalue weighted by Gasteiger charge is 2.01. The first-order valence-electron chi connectivity index (χ1n) is 10.4. The third-order valence-corrected chi connectivity index (χ3v) is 3.01. The molecule has 0 heterocycles. The van der Waals surface area contributed by atoms with E-state index in [1.54, 1.807) is 14.2 Å². The molecule has 0 N–H and O–H groups in total. The Balaban J connectivity index is -0.000000231. The average Bonchev–Trinajstić information content (AvgIpc) is 2.74. The minimum absolute atomic E-state index is 0. The van der Waals surface area contributed by atoms with Crippen LogP contribution in [0.2, 0.25) is 0 Å². The Morgan fingerprint density at radius 2 is 1.29 bits per heavy atom. The molecule has 0 radical (unpaired) electrons. The van der Waals surface area contributed by atoms with Gasteiger partial charge in [-0.2, -0.15) is 0 Å².